The minimum Gasteiger partial charge on any atom is -0.444 e. The number of nitrogens with two attached hydrogens (primary N) is 1. The molecule has 1 rings (SSSR count). The molecule has 1 saturated carbocycles. The zero-order chi connectivity index (χ0) is 16.9. The number of ether oxygens (including phenoxy) is 1. The Kier molecular flexibility index (Phi) is 6.66. The van der Waals surface area contributed by atoms with Crippen LogP contribution in [0.5, 0.6) is 0 Å². The van der Waals surface area contributed by atoms with E-state index in [1.54, 1.807) is 11.8 Å². The lowest BCUT2D eigenvalue weighted by Gasteiger charge is -2.40. The van der Waals surface area contributed by atoms with Crippen LogP contribution in [0.1, 0.15) is 60.3 Å². The van der Waals surface area contributed by atoms with Gasteiger partial charge in [0.15, 0.2) is 0 Å². The molecule has 0 heterocycles. The molecule has 0 bridgehead atoms. The summed E-state index contributed by atoms with van der Waals surface area (Å²) in [5.41, 5.74) is 5.22. The van der Waals surface area contributed by atoms with E-state index in [0.717, 1.165) is 25.7 Å². The SMILES string of the molecule is CCN(C(=O)C(C)N)C1CCCCC1NC(=O)OC(C)(C)C. The Morgan fingerprint density at radius 2 is 1.91 bits per heavy atom. The molecule has 2 amide bonds. The van der Waals surface area contributed by atoms with Crippen molar-refractivity contribution in [2.45, 2.75) is 84.0 Å². The maximum Gasteiger partial charge on any atom is 0.407 e. The van der Waals surface area contributed by atoms with Gasteiger partial charge in [0.2, 0.25) is 5.91 Å². The van der Waals surface area contributed by atoms with Gasteiger partial charge in [0.05, 0.1) is 18.1 Å². The first kappa shape index (κ1) is 18.7. The van der Waals surface area contributed by atoms with Crippen LogP contribution in [0.25, 0.3) is 0 Å². The van der Waals surface area contributed by atoms with Crippen molar-refractivity contribution < 1.29 is 14.3 Å². The number of rotatable bonds is 4. The number of hydrogen-bond acceptors (Lipinski definition) is 4. The number of carbonyl (C=O) groups is 2. The van der Waals surface area contributed by atoms with Crippen molar-refractivity contribution in [3.05, 3.63) is 0 Å². The first-order valence-corrected chi connectivity index (χ1v) is 8.21. The van der Waals surface area contributed by atoms with E-state index >= 15 is 0 Å². The molecule has 128 valence electrons. The highest BCUT2D eigenvalue weighted by atomic mass is 16.6. The van der Waals surface area contributed by atoms with Crippen LogP contribution in [0.4, 0.5) is 4.79 Å². The molecule has 0 aromatic carbocycles. The average Bonchev–Trinajstić information content (AvgIpc) is 2.39. The van der Waals surface area contributed by atoms with Crippen LogP contribution < -0.4 is 11.1 Å². The summed E-state index contributed by atoms with van der Waals surface area (Å²) in [6.45, 7) is 9.75. The summed E-state index contributed by atoms with van der Waals surface area (Å²) < 4.78 is 5.33. The van der Waals surface area contributed by atoms with E-state index in [1.807, 2.05) is 27.7 Å². The molecule has 6 heteroatoms. The fraction of sp³-hybridized carbons (Fsp3) is 0.875. The van der Waals surface area contributed by atoms with E-state index in [9.17, 15) is 9.59 Å². The van der Waals surface area contributed by atoms with E-state index in [-0.39, 0.29) is 18.0 Å². The van der Waals surface area contributed by atoms with E-state index in [0.29, 0.717) is 6.54 Å². The second-order valence-electron chi connectivity index (χ2n) is 7.02. The van der Waals surface area contributed by atoms with E-state index in [1.165, 1.54) is 0 Å². The molecule has 1 aliphatic rings. The lowest BCUT2D eigenvalue weighted by molar-refractivity contribution is -0.135. The zero-order valence-electron chi connectivity index (χ0n) is 14.5. The van der Waals surface area contributed by atoms with Gasteiger partial charge in [-0.05, 0) is 47.5 Å². The second-order valence-corrected chi connectivity index (χ2v) is 7.02. The van der Waals surface area contributed by atoms with Gasteiger partial charge in [-0.1, -0.05) is 12.8 Å². The molecule has 3 N–H and O–H groups in total. The molecule has 22 heavy (non-hydrogen) atoms. The summed E-state index contributed by atoms with van der Waals surface area (Å²) >= 11 is 0. The third kappa shape index (κ3) is 5.48. The van der Waals surface area contributed by atoms with Crippen molar-refractivity contribution in [3.63, 3.8) is 0 Å². The number of nitrogens with zero attached hydrogens (tertiary/aromatic N) is 1. The molecule has 0 aromatic heterocycles. The predicted octanol–water partition coefficient (Wildman–Crippen LogP) is 2.02. The molecule has 0 saturated heterocycles. The smallest absolute Gasteiger partial charge is 0.407 e. The quantitative estimate of drug-likeness (QED) is 0.831. The summed E-state index contributed by atoms with van der Waals surface area (Å²) in [6, 6.07) is -0.611. The molecular formula is C16H31N3O3. The summed E-state index contributed by atoms with van der Waals surface area (Å²) in [5, 5.41) is 2.94. The van der Waals surface area contributed by atoms with Crippen LogP contribution >= 0.6 is 0 Å². The van der Waals surface area contributed by atoms with Gasteiger partial charge in [-0.25, -0.2) is 4.79 Å². The topological polar surface area (TPSA) is 84.7 Å². The number of alkyl carbamates (subject to hydrolysis) is 1. The van der Waals surface area contributed by atoms with E-state index in [2.05, 4.69) is 5.32 Å². The Morgan fingerprint density at radius 1 is 1.32 bits per heavy atom. The average molecular weight is 313 g/mol. The van der Waals surface area contributed by atoms with Crippen molar-refractivity contribution in [1.82, 2.24) is 10.2 Å². The van der Waals surface area contributed by atoms with Crippen molar-refractivity contribution in [2.24, 2.45) is 5.73 Å². The van der Waals surface area contributed by atoms with Crippen LogP contribution in [-0.2, 0) is 9.53 Å². The Hall–Kier alpha value is -1.30. The second kappa shape index (κ2) is 7.81. The van der Waals surface area contributed by atoms with Crippen LogP contribution in [-0.4, -0.2) is 47.2 Å². The normalized spacial score (nSPS) is 23.5. The van der Waals surface area contributed by atoms with Crippen molar-refractivity contribution in [3.8, 4) is 0 Å². The Morgan fingerprint density at radius 3 is 2.41 bits per heavy atom. The number of hydrogen-bond donors (Lipinski definition) is 2. The van der Waals surface area contributed by atoms with Gasteiger partial charge >= 0.3 is 6.09 Å². The van der Waals surface area contributed by atoms with Crippen LogP contribution in [0.15, 0.2) is 0 Å². The fourth-order valence-electron chi connectivity index (χ4n) is 2.93. The molecule has 0 aliphatic heterocycles. The first-order chi connectivity index (χ1) is 10.2. The number of carbonyl (C=O) groups excluding carboxylic acids is 2. The zero-order valence-corrected chi connectivity index (χ0v) is 14.5. The van der Waals surface area contributed by atoms with Crippen molar-refractivity contribution >= 4 is 12.0 Å². The van der Waals surface area contributed by atoms with Gasteiger partial charge < -0.3 is 20.7 Å². The highest BCUT2D eigenvalue weighted by Gasteiger charge is 2.34. The van der Waals surface area contributed by atoms with Gasteiger partial charge in [-0.2, -0.15) is 0 Å². The summed E-state index contributed by atoms with van der Waals surface area (Å²) in [5.74, 6) is -0.0645. The number of likely N-dealkylation sites (N-methyl/N-ethyl adjacent to an activating group) is 1. The Labute approximate surface area is 133 Å². The highest BCUT2D eigenvalue weighted by Crippen LogP contribution is 2.24. The Balaban J connectivity index is 2.78. The maximum atomic E-state index is 12.3. The van der Waals surface area contributed by atoms with Gasteiger partial charge in [-0.15, -0.1) is 0 Å². The van der Waals surface area contributed by atoms with E-state index < -0.39 is 17.7 Å². The third-order valence-electron chi connectivity index (χ3n) is 3.85. The van der Waals surface area contributed by atoms with Crippen LogP contribution in [0, 0.1) is 0 Å². The highest BCUT2D eigenvalue weighted by molar-refractivity contribution is 5.81. The van der Waals surface area contributed by atoms with Crippen molar-refractivity contribution in [2.75, 3.05) is 6.54 Å². The molecule has 3 atom stereocenters. The Bertz CT molecular complexity index is 391. The molecule has 6 nitrogen and oxygen atoms in total. The van der Waals surface area contributed by atoms with Gasteiger partial charge in [0.1, 0.15) is 5.60 Å². The minimum atomic E-state index is -0.527. The predicted molar refractivity (Wildman–Crippen MR) is 86.5 cm³/mol. The molecule has 0 aromatic rings. The molecule has 0 spiro atoms. The molecule has 3 unspecified atom stereocenters. The van der Waals surface area contributed by atoms with Crippen LogP contribution in [0.3, 0.4) is 0 Å². The number of nitrogens with one attached hydrogen (secondary N) is 1. The minimum absolute atomic E-state index is 0.00947. The fourth-order valence-corrected chi connectivity index (χ4v) is 2.93. The molecule has 1 fully saturated rings. The maximum absolute atomic E-state index is 12.3. The monoisotopic (exact) mass is 313 g/mol. The standard InChI is InChI=1S/C16H31N3O3/c1-6-19(14(20)11(2)17)13-10-8-7-9-12(13)18-15(21)22-16(3,4)5/h11-13H,6-10,17H2,1-5H3,(H,18,21). The van der Waals surface area contributed by atoms with Crippen LogP contribution in [0.2, 0.25) is 0 Å². The molecular weight excluding hydrogens is 282 g/mol. The van der Waals surface area contributed by atoms with Crippen molar-refractivity contribution in [1.29, 1.82) is 0 Å². The third-order valence-corrected chi connectivity index (χ3v) is 3.85. The van der Waals surface area contributed by atoms with Gasteiger partial charge in [0, 0.05) is 6.54 Å². The number of amides is 2. The molecule has 1 aliphatic carbocycles. The van der Waals surface area contributed by atoms with Gasteiger partial charge in [0.25, 0.3) is 0 Å². The summed E-state index contributed by atoms with van der Waals surface area (Å²) in [4.78, 5) is 26.1. The molecule has 0 radical (unpaired) electrons. The lowest BCUT2D eigenvalue weighted by Crippen LogP contribution is -2.57. The lowest BCUT2D eigenvalue weighted by atomic mass is 9.89. The summed E-state index contributed by atoms with van der Waals surface area (Å²) in [7, 11) is 0. The van der Waals surface area contributed by atoms with E-state index in [4.69, 9.17) is 10.5 Å². The largest absolute Gasteiger partial charge is 0.444 e. The first-order valence-electron chi connectivity index (χ1n) is 8.21. The summed E-state index contributed by atoms with van der Waals surface area (Å²) in [6.07, 6.45) is 3.41. The van der Waals surface area contributed by atoms with Gasteiger partial charge in [-0.3, -0.25) is 4.79 Å².